The van der Waals surface area contributed by atoms with Crippen LogP contribution in [-0.4, -0.2) is 10.1 Å². The van der Waals surface area contributed by atoms with E-state index in [2.05, 4.69) is 150 Å². The van der Waals surface area contributed by atoms with Crippen LogP contribution in [0.5, 0.6) is 0 Å². The maximum absolute atomic E-state index is 4.35. The van der Waals surface area contributed by atoms with Crippen LogP contribution < -0.4 is 15.5 Å². The van der Waals surface area contributed by atoms with Crippen LogP contribution >= 0.6 is 0 Å². The van der Waals surface area contributed by atoms with Crippen molar-refractivity contribution in [3.8, 4) is 0 Å². The van der Waals surface area contributed by atoms with Gasteiger partial charge in [0.25, 0.3) is 0 Å². The first-order valence-electron chi connectivity index (χ1n) is 15.0. The molecule has 2 nitrogen and oxygen atoms in total. The summed E-state index contributed by atoms with van der Waals surface area (Å²) in [5.41, 5.74) is 6.10. The summed E-state index contributed by atoms with van der Waals surface area (Å²) >= 11 is 0. The molecule has 5 aromatic rings. The summed E-state index contributed by atoms with van der Waals surface area (Å²) in [6, 6.07) is 33.7. The molecule has 0 saturated heterocycles. The van der Waals surface area contributed by atoms with Gasteiger partial charge in [-0.15, -0.1) is 6.58 Å². The molecule has 0 N–H and O–H groups in total. The van der Waals surface area contributed by atoms with Gasteiger partial charge in [0, 0.05) is 49.1 Å². The normalized spacial score (nSPS) is 30.7. The Morgan fingerprint density at radius 2 is 1.48 bits per heavy atom. The molecule has 0 radical (unpaired) electrons. The fourth-order valence-electron chi connectivity index (χ4n) is 9.35. The van der Waals surface area contributed by atoms with Crippen molar-refractivity contribution < 1.29 is 0 Å². The predicted molar refractivity (Wildman–Crippen MR) is 174 cm³/mol. The van der Waals surface area contributed by atoms with Crippen molar-refractivity contribution in [2.45, 2.75) is 29.3 Å². The first-order valence-corrected chi connectivity index (χ1v) is 15.0. The molecule has 4 atom stereocenters. The molecule has 10 rings (SSSR count). The summed E-state index contributed by atoms with van der Waals surface area (Å²) in [5.74, 6) is 0. The summed E-state index contributed by atoms with van der Waals surface area (Å²) in [7, 11) is 0. The number of aromatic nitrogens is 1. The minimum Gasteiger partial charge on any atom is -0.330 e. The summed E-state index contributed by atoms with van der Waals surface area (Å²) < 4.78 is 2.66. The number of anilines is 2. The van der Waals surface area contributed by atoms with Gasteiger partial charge in [0.1, 0.15) is 0 Å². The van der Waals surface area contributed by atoms with Crippen molar-refractivity contribution in [2.75, 3.05) is 4.90 Å². The van der Waals surface area contributed by atoms with E-state index in [1.54, 1.807) is 0 Å². The van der Waals surface area contributed by atoms with Crippen LogP contribution in [0.25, 0.3) is 33.8 Å². The Hall–Kier alpha value is -4.82. The number of benzene rings is 4. The number of fused-ring (bicyclic) bond motifs is 6. The molecule has 200 valence electrons. The molecule has 2 heterocycles. The summed E-state index contributed by atoms with van der Waals surface area (Å²) in [6.45, 7) is 8.54. The molecule has 4 unspecified atom stereocenters. The van der Waals surface area contributed by atoms with Gasteiger partial charge in [0.05, 0.1) is 11.1 Å². The molecule has 42 heavy (non-hydrogen) atoms. The molecule has 2 heteroatoms. The molecular formula is C40H30N2. The largest absolute Gasteiger partial charge is 0.330 e. The predicted octanol–water partition coefficient (Wildman–Crippen LogP) is 7.55. The fraction of sp³-hybridized carbons (Fsp3) is 0.150. The Bertz CT molecular complexity index is 2270. The van der Waals surface area contributed by atoms with E-state index in [1.165, 1.54) is 54.8 Å². The average Bonchev–Trinajstić information content (AvgIpc) is 3.86. The van der Waals surface area contributed by atoms with E-state index in [-0.39, 0.29) is 21.9 Å². The minimum atomic E-state index is -0.177. The highest BCUT2D eigenvalue weighted by atomic mass is 15.3. The molecule has 1 aliphatic heterocycles. The number of hydrogen-bond acceptors (Lipinski definition) is 1. The lowest BCUT2D eigenvalue weighted by Gasteiger charge is -2.32. The second-order valence-corrected chi connectivity index (χ2v) is 12.8. The van der Waals surface area contributed by atoms with Crippen LogP contribution in [0.15, 0.2) is 140 Å². The zero-order valence-corrected chi connectivity index (χ0v) is 23.4. The van der Waals surface area contributed by atoms with Crippen molar-refractivity contribution >= 4 is 45.2 Å². The van der Waals surface area contributed by atoms with Crippen LogP contribution in [0, 0.1) is 5.41 Å². The van der Waals surface area contributed by atoms with Crippen molar-refractivity contribution in [3.63, 3.8) is 0 Å². The first-order chi connectivity index (χ1) is 20.6. The Balaban J connectivity index is 1.30. The van der Waals surface area contributed by atoms with Gasteiger partial charge in [0.15, 0.2) is 0 Å². The minimum absolute atomic E-state index is 0.0719. The Morgan fingerprint density at radius 3 is 2.36 bits per heavy atom. The van der Waals surface area contributed by atoms with E-state index in [0.717, 1.165) is 12.8 Å². The lowest BCUT2D eigenvalue weighted by atomic mass is 9.86. The van der Waals surface area contributed by atoms with Crippen molar-refractivity contribution in [2.24, 2.45) is 5.41 Å². The van der Waals surface area contributed by atoms with Crippen LogP contribution in [-0.2, 0) is 11.0 Å². The molecule has 5 aliphatic rings. The maximum Gasteiger partial charge on any atom is 0.0789 e. The molecule has 2 saturated carbocycles. The second-order valence-electron chi connectivity index (χ2n) is 12.8. The summed E-state index contributed by atoms with van der Waals surface area (Å²) in [4.78, 5) is 2.67. The molecule has 0 amide bonds. The Morgan fingerprint density at radius 1 is 0.714 bits per heavy atom. The van der Waals surface area contributed by atoms with E-state index in [1.807, 2.05) is 6.08 Å². The smallest absolute Gasteiger partial charge is 0.0789 e. The molecule has 1 aromatic heterocycles. The molecule has 2 fully saturated rings. The Labute approximate surface area is 245 Å². The molecular weight excluding hydrogens is 508 g/mol. The number of rotatable bonds is 4. The van der Waals surface area contributed by atoms with Gasteiger partial charge in [0.2, 0.25) is 0 Å². The highest BCUT2D eigenvalue weighted by Gasteiger charge is 2.75. The quantitative estimate of drug-likeness (QED) is 0.215. The van der Waals surface area contributed by atoms with E-state index in [9.17, 15) is 0 Å². The number of nitrogens with zero attached hydrogens (tertiary/aromatic N) is 2. The van der Waals surface area contributed by atoms with Gasteiger partial charge >= 0.3 is 0 Å². The monoisotopic (exact) mass is 538 g/mol. The van der Waals surface area contributed by atoms with Gasteiger partial charge < -0.3 is 9.47 Å². The first kappa shape index (κ1) is 22.8. The second kappa shape index (κ2) is 7.14. The highest BCUT2D eigenvalue weighted by molar-refractivity contribution is 6.03. The molecule has 0 spiro atoms. The molecule has 4 aromatic carbocycles. The summed E-state index contributed by atoms with van der Waals surface area (Å²) in [6.07, 6.45) is 18.4. The van der Waals surface area contributed by atoms with Gasteiger partial charge in [-0.25, -0.2) is 0 Å². The highest BCUT2D eigenvalue weighted by Crippen LogP contribution is 2.74. The average molecular weight is 539 g/mol. The lowest BCUT2D eigenvalue weighted by molar-refractivity contribution is 0.505. The maximum atomic E-state index is 4.35. The van der Waals surface area contributed by atoms with Crippen molar-refractivity contribution in [1.82, 2.24) is 4.57 Å². The van der Waals surface area contributed by atoms with Gasteiger partial charge in [-0.2, -0.15) is 0 Å². The zero-order valence-electron chi connectivity index (χ0n) is 23.4. The Kier molecular flexibility index (Phi) is 3.88. The number of para-hydroxylation sites is 2. The number of allylic oxidation sites excluding steroid dienone is 6. The van der Waals surface area contributed by atoms with Crippen LogP contribution in [0.1, 0.15) is 18.4 Å². The van der Waals surface area contributed by atoms with E-state index in [4.69, 9.17) is 0 Å². The van der Waals surface area contributed by atoms with E-state index >= 15 is 0 Å². The fourth-order valence-corrected chi connectivity index (χ4v) is 9.35. The molecule has 0 bridgehead atoms. The third kappa shape index (κ3) is 2.28. The third-order valence-electron chi connectivity index (χ3n) is 11.3. The standard InChI is InChI=1S/C40H30N2/c1-3-28-15-12-22-39(25-37(28,39)4-2)42-34-19-9-7-17-30(34)31-23-40-26-38(40,24-36(31)42)32-18-8-10-20-35(32)41(40)33-21-11-14-27-13-5-6-16-29(27)33/h3-24H,1-2,25-26H2. The van der Waals surface area contributed by atoms with Crippen LogP contribution in [0.4, 0.5) is 11.4 Å². The van der Waals surface area contributed by atoms with Crippen molar-refractivity contribution in [1.29, 1.82) is 0 Å². The zero-order chi connectivity index (χ0) is 27.9. The van der Waals surface area contributed by atoms with E-state index < -0.39 is 0 Å². The topological polar surface area (TPSA) is 8.17 Å². The third-order valence-corrected chi connectivity index (χ3v) is 11.3. The van der Waals surface area contributed by atoms with Gasteiger partial charge in [-0.1, -0.05) is 110 Å². The van der Waals surface area contributed by atoms with Crippen molar-refractivity contribution in [3.05, 3.63) is 156 Å². The lowest BCUT2D eigenvalue weighted by Crippen LogP contribution is -2.45. The SMILES string of the molecule is C=CC1=CC=CC2(n3c4c(c5ccccc53)=CC35CC3(C=4)c3ccccc3N5c3cccc4ccccc34)CC12C=C. The summed E-state index contributed by atoms with van der Waals surface area (Å²) in [5, 5.41) is 6.62. The van der Waals surface area contributed by atoms with E-state index in [0.29, 0.717) is 0 Å². The van der Waals surface area contributed by atoms with Crippen LogP contribution in [0.2, 0.25) is 0 Å². The molecule has 4 aliphatic carbocycles. The van der Waals surface area contributed by atoms with Crippen LogP contribution in [0.3, 0.4) is 0 Å². The number of hydrogen-bond donors (Lipinski definition) is 0. The van der Waals surface area contributed by atoms with Gasteiger partial charge in [-0.3, -0.25) is 0 Å². The van der Waals surface area contributed by atoms with Gasteiger partial charge in [-0.05, 0) is 59.7 Å².